The van der Waals surface area contributed by atoms with Gasteiger partial charge in [0.05, 0.1) is 11.5 Å². The van der Waals surface area contributed by atoms with Gasteiger partial charge in [0, 0.05) is 5.88 Å². The van der Waals surface area contributed by atoms with Crippen LogP contribution in [0.2, 0.25) is 0 Å². The van der Waals surface area contributed by atoms with Crippen LogP contribution in [0.5, 0.6) is 0 Å². The summed E-state index contributed by atoms with van der Waals surface area (Å²) in [5.74, 6) is 0.478. The summed E-state index contributed by atoms with van der Waals surface area (Å²) in [7, 11) is 0. The fraction of sp³-hybridized carbons (Fsp3) is 0.462. The molecule has 2 nitrogen and oxygen atoms in total. The number of halogens is 1. The van der Waals surface area contributed by atoms with Crippen LogP contribution < -0.4 is 5.32 Å². The van der Waals surface area contributed by atoms with Gasteiger partial charge >= 0.3 is 0 Å². The van der Waals surface area contributed by atoms with Gasteiger partial charge < -0.3 is 5.32 Å². The van der Waals surface area contributed by atoms with Crippen LogP contribution in [-0.2, 0) is 4.79 Å². The number of amides is 1. The van der Waals surface area contributed by atoms with Crippen LogP contribution in [0.1, 0.15) is 31.2 Å². The molecule has 0 aliphatic heterocycles. The molecule has 1 amide bonds. The minimum atomic E-state index is -0.109. The standard InChI is InChI=1S/C13H16ClNO/c1-10(11-5-3-2-4-6-11)12(16)15-13(9-14)7-8-13/h2-6,10H,7-9H2,1H3,(H,15,16). The number of carbonyl (C=O) groups is 1. The second-order valence-electron chi connectivity index (χ2n) is 4.54. The molecular formula is C13H16ClNO. The van der Waals surface area contributed by atoms with Crippen molar-refractivity contribution in [2.45, 2.75) is 31.2 Å². The van der Waals surface area contributed by atoms with Gasteiger partial charge in [0.1, 0.15) is 0 Å². The SMILES string of the molecule is CC(C(=O)NC1(CCl)CC1)c1ccccc1. The highest BCUT2D eigenvalue weighted by Gasteiger charge is 2.43. The number of alkyl halides is 1. The van der Waals surface area contributed by atoms with E-state index in [9.17, 15) is 4.79 Å². The van der Waals surface area contributed by atoms with Crippen LogP contribution in [0.4, 0.5) is 0 Å². The van der Waals surface area contributed by atoms with Crippen LogP contribution in [0, 0.1) is 0 Å². The fourth-order valence-electron chi connectivity index (χ4n) is 1.71. The molecule has 1 N–H and O–H groups in total. The Morgan fingerprint density at radius 1 is 1.44 bits per heavy atom. The second kappa shape index (κ2) is 4.46. The van der Waals surface area contributed by atoms with E-state index in [0.29, 0.717) is 5.88 Å². The summed E-state index contributed by atoms with van der Waals surface area (Å²) >= 11 is 5.84. The lowest BCUT2D eigenvalue weighted by molar-refractivity contribution is -0.123. The molecule has 0 saturated heterocycles. The first-order valence-electron chi connectivity index (χ1n) is 5.60. The minimum absolute atomic E-state index is 0.0735. The molecule has 0 spiro atoms. The van der Waals surface area contributed by atoms with Crippen LogP contribution in [0.15, 0.2) is 30.3 Å². The lowest BCUT2D eigenvalue weighted by Crippen LogP contribution is -2.40. The first-order chi connectivity index (χ1) is 7.67. The molecule has 1 fully saturated rings. The van der Waals surface area contributed by atoms with Crippen LogP contribution in [0.25, 0.3) is 0 Å². The van der Waals surface area contributed by atoms with Crippen molar-refractivity contribution in [2.75, 3.05) is 5.88 Å². The summed E-state index contributed by atoms with van der Waals surface area (Å²) < 4.78 is 0. The molecule has 2 rings (SSSR count). The molecule has 1 unspecified atom stereocenters. The Labute approximate surface area is 101 Å². The lowest BCUT2D eigenvalue weighted by Gasteiger charge is -2.18. The van der Waals surface area contributed by atoms with Gasteiger partial charge in [0.25, 0.3) is 0 Å². The van der Waals surface area contributed by atoms with Gasteiger partial charge in [-0.3, -0.25) is 4.79 Å². The maximum atomic E-state index is 12.0. The van der Waals surface area contributed by atoms with E-state index in [1.807, 2.05) is 37.3 Å². The first-order valence-corrected chi connectivity index (χ1v) is 6.13. The number of hydrogen-bond donors (Lipinski definition) is 1. The molecule has 1 aliphatic carbocycles. The van der Waals surface area contributed by atoms with Gasteiger partial charge in [-0.2, -0.15) is 0 Å². The predicted octanol–water partition coefficient (Wildman–Crippen LogP) is 2.68. The average molecular weight is 238 g/mol. The van der Waals surface area contributed by atoms with Crippen molar-refractivity contribution >= 4 is 17.5 Å². The molecule has 0 bridgehead atoms. The zero-order valence-electron chi connectivity index (χ0n) is 9.37. The van der Waals surface area contributed by atoms with Crippen LogP contribution in [0.3, 0.4) is 0 Å². The van der Waals surface area contributed by atoms with E-state index < -0.39 is 0 Å². The maximum absolute atomic E-state index is 12.0. The Hall–Kier alpha value is -1.02. The molecule has 1 aliphatic rings. The van der Waals surface area contributed by atoms with Crippen molar-refractivity contribution in [1.29, 1.82) is 0 Å². The molecule has 0 aromatic heterocycles. The minimum Gasteiger partial charge on any atom is -0.349 e. The summed E-state index contributed by atoms with van der Waals surface area (Å²) in [6.45, 7) is 1.93. The van der Waals surface area contributed by atoms with E-state index in [0.717, 1.165) is 18.4 Å². The number of benzene rings is 1. The van der Waals surface area contributed by atoms with Gasteiger partial charge in [-0.05, 0) is 25.3 Å². The summed E-state index contributed by atoms with van der Waals surface area (Å²) in [5, 5.41) is 3.04. The van der Waals surface area contributed by atoms with E-state index in [1.165, 1.54) is 0 Å². The summed E-state index contributed by atoms with van der Waals surface area (Å²) in [4.78, 5) is 12.0. The Morgan fingerprint density at radius 3 is 2.56 bits per heavy atom. The second-order valence-corrected chi connectivity index (χ2v) is 4.80. The molecule has 0 radical (unpaired) electrons. The highest BCUT2D eigenvalue weighted by Crippen LogP contribution is 2.37. The topological polar surface area (TPSA) is 29.1 Å². The Balaban J connectivity index is 2.00. The highest BCUT2D eigenvalue weighted by molar-refractivity contribution is 6.19. The monoisotopic (exact) mass is 237 g/mol. The van der Waals surface area contributed by atoms with Gasteiger partial charge in [0.15, 0.2) is 0 Å². The van der Waals surface area contributed by atoms with Crippen molar-refractivity contribution < 1.29 is 4.79 Å². The largest absolute Gasteiger partial charge is 0.349 e. The van der Waals surface area contributed by atoms with Crippen molar-refractivity contribution in [3.8, 4) is 0 Å². The van der Waals surface area contributed by atoms with Gasteiger partial charge in [-0.15, -0.1) is 11.6 Å². The summed E-state index contributed by atoms with van der Waals surface area (Å²) in [5.41, 5.74) is 0.937. The number of hydrogen-bond acceptors (Lipinski definition) is 1. The van der Waals surface area contributed by atoms with Crippen molar-refractivity contribution in [2.24, 2.45) is 0 Å². The van der Waals surface area contributed by atoms with Crippen molar-refractivity contribution in [3.63, 3.8) is 0 Å². The smallest absolute Gasteiger partial charge is 0.227 e. The Bertz CT molecular complexity index is 373. The summed E-state index contributed by atoms with van der Waals surface area (Å²) in [6.07, 6.45) is 2.01. The molecule has 1 saturated carbocycles. The number of rotatable bonds is 4. The van der Waals surface area contributed by atoms with Crippen LogP contribution >= 0.6 is 11.6 Å². The third-order valence-corrected chi connectivity index (χ3v) is 3.70. The summed E-state index contributed by atoms with van der Waals surface area (Å²) in [6, 6.07) is 9.81. The Morgan fingerprint density at radius 2 is 2.06 bits per heavy atom. The third kappa shape index (κ3) is 2.38. The van der Waals surface area contributed by atoms with E-state index in [1.54, 1.807) is 0 Å². The first kappa shape index (κ1) is 11.5. The molecular weight excluding hydrogens is 222 g/mol. The molecule has 86 valence electrons. The molecule has 1 atom stereocenters. The van der Waals surface area contributed by atoms with Gasteiger partial charge in [-0.25, -0.2) is 0 Å². The van der Waals surface area contributed by atoms with E-state index in [2.05, 4.69) is 5.32 Å². The van der Waals surface area contributed by atoms with E-state index in [4.69, 9.17) is 11.6 Å². The third-order valence-electron chi connectivity index (χ3n) is 3.19. The molecule has 1 aromatic rings. The number of carbonyl (C=O) groups excluding carboxylic acids is 1. The zero-order valence-corrected chi connectivity index (χ0v) is 10.1. The average Bonchev–Trinajstić information content (AvgIpc) is 3.09. The fourth-order valence-corrected chi connectivity index (χ4v) is 2.04. The quantitative estimate of drug-likeness (QED) is 0.802. The molecule has 1 aromatic carbocycles. The molecule has 16 heavy (non-hydrogen) atoms. The molecule has 3 heteroatoms. The zero-order chi connectivity index (χ0) is 11.6. The van der Waals surface area contributed by atoms with Crippen molar-refractivity contribution in [1.82, 2.24) is 5.32 Å². The molecule has 0 heterocycles. The van der Waals surface area contributed by atoms with Gasteiger partial charge in [0.2, 0.25) is 5.91 Å². The van der Waals surface area contributed by atoms with E-state index in [-0.39, 0.29) is 17.4 Å². The van der Waals surface area contributed by atoms with Gasteiger partial charge in [-0.1, -0.05) is 30.3 Å². The predicted molar refractivity (Wildman–Crippen MR) is 65.7 cm³/mol. The Kier molecular flexibility index (Phi) is 3.20. The highest BCUT2D eigenvalue weighted by atomic mass is 35.5. The maximum Gasteiger partial charge on any atom is 0.227 e. The number of nitrogens with one attached hydrogen (secondary N) is 1. The lowest BCUT2D eigenvalue weighted by atomic mass is 10.00. The van der Waals surface area contributed by atoms with E-state index >= 15 is 0 Å². The van der Waals surface area contributed by atoms with Crippen molar-refractivity contribution in [3.05, 3.63) is 35.9 Å². The normalized spacial score (nSPS) is 18.9. The van der Waals surface area contributed by atoms with Crippen LogP contribution in [-0.4, -0.2) is 17.3 Å².